The number of benzene rings is 4. The maximum Gasteiger partial charge on any atom is 0.232 e. The molecule has 4 aromatic carbocycles. The molecule has 0 bridgehead atoms. The zero-order valence-electron chi connectivity index (χ0n) is 19.7. The minimum Gasteiger partial charge on any atom is -0.195 e. The van der Waals surface area contributed by atoms with E-state index in [1.54, 1.807) is 18.2 Å². The standard InChI is InChI=1S/C24H20B.C6H6N3P/c1-5-13-21(14-6-1)25(22-15-7-2-8-16-22,23-17-9-3-10-18-23)24-19-11-4-12-20-24;1-10-5-6(2-7,3-8)4-9/h1-20H;10H,5H2,1H3/q-1;. The van der Waals surface area contributed by atoms with E-state index >= 15 is 0 Å². The van der Waals surface area contributed by atoms with Gasteiger partial charge in [-0.25, -0.2) is 0 Å². The van der Waals surface area contributed by atoms with Gasteiger partial charge in [-0.2, -0.15) is 37.6 Å². The van der Waals surface area contributed by atoms with Gasteiger partial charge in [-0.3, -0.25) is 0 Å². The Morgan fingerprint density at radius 1 is 0.543 bits per heavy atom. The van der Waals surface area contributed by atoms with Gasteiger partial charge >= 0.3 is 0 Å². The quantitative estimate of drug-likeness (QED) is 0.317. The van der Waals surface area contributed by atoms with E-state index in [4.69, 9.17) is 15.8 Å². The Kier molecular flexibility index (Phi) is 8.98. The van der Waals surface area contributed by atoms with Crippen molar-refractivity contribution in [2.24, 2.45) is 5.41 Å². The predicted molar refractivity (Wildman–Crippen MR) is 148 cm³/mol. The van der Waals surface area contributed by atoms with E-state index < -0.39 is 11.6 Å². The van der Waals surface area contributed by atoms with E-state index in [-0.39, 0.29) is 0 Å². The topological polar surface area (TPSA) is 71.4 Å². The predicted octanol–water partition coefficient (Wildman–Crippen LogP) is 3.92. The van der Waals surface area contributed by atoms with Gasteiger partial charge in [0.1, 0.15) is 24.4 Å². The second-order valence-corrected chi connectivity index (χ2v) is 9.34. The fourth-order valence-corrected chi connectivity index (χ4v) is 5.35. The van der Waals surface area contributed by atoms with Crippen LogP contribution in [0.3, 0.4) is 0 Å². The van der Waals surface area contributed by atoms with Crippen LogP contribution in [0.25, 0.3) is 0 Å². The van der Waals surface area contributed by atoms with Gasteiger partial charge in [-0.15, -0.1) is 8.58 Å². The molecule has 0 saturated carbocycles. The summed E-state index contributed by atoms with van der Waals surface area (Å²) in [5.74, 6) is 0. The fourth-order valence-electron chi connectivity index (χ4n) is 4.58. The Labute approximate surface area is 210 Å². The van der Waals surface area contributed by atoms with Crippen molar-refractivity contribution in [2.45, 2.75) is 0 Å². The molecule has 4 aromatic rings. The lowest BCUT2D eigenvalue weighted by atomic mass is 9.13. The zero-order chi connectivity index (χ0) is 25.0. The molecule has 0 aliphatic rings. The highest BCUT2D eigenvalue weighted by molar-refractivity contribution is 7.37. The molecule has 0 heterocycles. The Morgan fingerprint density at radius 2 is 0.800 bits per heavy atom. The lowest BCUT2D eigenvalue weighted by Gasteiger charge is -2.44. The highest BCUT2D eigenvalue weighted by atomic mass is 31.1. The Hall–Kier alpha value is -4.16. The number of nitriles is 3. The third kappa shape index (κ3) is 5.50. The van der Waals surface area contributed by atoms with Crippen molar-refractivity contribution >= 4 is 36.6 Å². The summed E-state index contributed by atoms with van der Waals surface area (Å²) in [6, 6.07) is 48.6. The van der Waals surface area contributed by atoms with Crippen molar-refractivity contribution in [3.05, 3.63) is 121 Å². The summed E-state index contributed by atoms with van der Waals surface area (Å²) in [7, 11) is 0.462. The molecular weight excluding hydrogens is 444 g/mol. The van der Waals surface area contributed by atoms with Crippen LogP contribution < -0.4 is 21.9 Å². The first-order chi connectivity index (χ1) is 17.2. The van der Waals surface area contributed by atoms with Gasteiger partial charge in [0.05, 0.1) is 0 Å². The van der Waals surface area contributed by atoms with Crippen molar-refractivity contribution in [1.29, 1.82) is 15.8 Å². The Morgan fingerprint density at radius 3 is 0.971 bits per heavy atom. The van der Waals surface area contributed by atoms with Gasteiger partial charge in [-0.1, -0.05) is 121 Å². The first-order valence-corrected chi connectivity index (χ1v) is 13.1. The minimum absolute atomic E-state index is 0.358. The average Bonchev–Trinajstić information content (AvgIpc) is 2.95. The maximum absolute atomic E-state index is 8.42. The molecule has 0 aromatic heterocycles. The van der Waals surface area contributed by atoms with Gasteiger partial charge in [0.25, 0.3) is 0 Å². The Balaban J connectivity index is 0.000000292. The van der Waals surface area contributed by atoms with Crippen LogP contribution in [0, 0.1) is 39.4 Å². The molecule has 35 heavy (non-hydrogen) atoms. The molecule has 0 fully saturated rings. The first kappa shape index (κ1) is 25.5. The van der Waals surface area contributed by atoms with Gasteiger partial charge in [0.15, 0.2) is 0 Å². The lowest BCUT2D eigenvalue weighted by Crippen LogP contribution is -2.74. The van der Waals surface area contributed by atoms with E-state index in [0.717, 1.165) is 0 Å². The molecule has 1 atom stereocenters. The summed E-state index contributed by atoms with van der Waals surface area (Å²) in [5, 5.41) is 25.3. The summed E-state index contributed by atoms with van der Waals surface area (Å²) in [6.45, 7) is 1.86. The molecule has 0 aliphatic carbocycles. The van der Waals surface area contributed by atoms with E-state index in [1.807, 2.05) is 6.66 Å². The molecule has 0 amide bonds. The number of nitrogens with zero attached hydrogens (tertiary/aromatic N) is 3. The Bertz CT molecular complexity index is 1120. The van der Waals surface area contributed by atoms with Crippen LogP contribution in [0.5, 0.6) is 0 Å². The van der Waals surface area contributed by atoms with E-state index in [2.05, 4.69) is 121 Å². The fraction of sp³-hybridized carbons (Fsp3) is 0.100. The third-order valence-corrected chi connectivity index (χ3v) is 7.10. The molecule has 3 nitrogen and oxygen atoms in total. The van der Waals surface area contributed by atoms with Crippen LogP contribution >= 0.6 is 8.58 Å². The minimum atomic E-state index is -1.40. The number of hydrogen-bond acceptors (Lipinski definition) is 3. The number of hydrogen-bond donors (Lipinski definition) is 0. The lowest BCUT2D eigenvalue weighted by molar-refractivity contribution is 0.785. The van der Waals surface area contributed by atoms with Crippen molar-refractivity contribution in [3.8, 4) is 18.2 Å². The molecule has 5 heteroatoms. The van der Waals surface area contributed by atoms with Crippen molar-refractivity contribution < 1.29 is 0 Å². The monoisotopic (exact) mass is 470 g/mol. The van der Waals surface area contributed by atoms with Gasteiger partial charge in [-0.05, 0) is 6.66 Å². The van der Waals surface area contributed by atoms with Gasteiger partial charge in [0.2, 0.25) is 5.41 Å². The van der Waals surface area contributed by atoms with Crippen LogP contribution in [0.4, 0.5) is 0 Å². The largest absolute Gasteiger partial charge is 0.232 e. The second kappa shape index (κ2) is 12.3. The molecule has 0 radical (unpaired) electrons. The van der Waals surface area contributed by atoms with Crippen LogP contribution in [0.2, 0.25) is 0 Å². The summed E-state index contributed by atoms with van der Waals surface area (Å²) in [5.41, 5.74) is 3.96. The molecule has 0 N–H and O–H groups in total. The summed E-state index contributed by atoms with van der Waals surface area (Å²) >= 11 is 0. The van der Waals surface area contributed by atoms with E-state index in [1.165, 1.54) is 21.9 Å². The van der Waals surface area contributed by atoms with Crippen molar-refractivity contribution in [3.63, 3.8) is 0 Å². The highest BCUT2D eigenvalue weighted by Crippen LogP contribution is 2.21. The normalized spacial score (nSPS) is 10.9. The van der Waals surface area contributed by atoms with Gasteiger partial charge < -0.3 is 0 Å². The second-order valence-electron chi connectivity index (χ2n) is 8.28. The molecular formula is C30H26BN3P-. The van der Waals surface area contributed by atoms with Crippen molar-refractivity contribution in [1.82, 2.24) is 0 Å². The molecule has 0 aliphatic heterocycles. The SMILES string of the molecule is CPCC(C#N)(C#N)C#N.c1ccc([B-](c2ccccc2)(c2ccccc2)c2ccccc2)cc1. The molecule has 0 saturated heterocycles. The molecule has 0 spiro atoms. The highest BCUT2D eigenvalue weighted by Gasteiger charge is 2.31. The first-order valence-electron chi connectivity index (χ1n) is 11.4. The third-order valence-electron chi connectivity index (χ3n) is 6.21. The summed E-state index contributed by atoms with van der Waals surface area (Å²) < 4.78 is 0. The van der Waals surface area contributed by atoms with Crippen LogP contribution in [0.1, 0.15) is 0 Å². The average molecular weight is 470 g/mol. The smallest absolute Gasteiger partial charge is 0.195 e. The molecule has 1 unspecified atom stereocenters. The zero-order valence-corrected chi connectivity index (χ0v) is 20.7. The van der Waals surface area contributed by atoms with Gasteiger partial charge in [0, 0.05) is 6.16 Å². The summed E-state index contributed by atoms with van der Waals surface area (Å²) in [6.07, 6.45) is -0.858. The maximum atomic E-state index is 8.42. The number of rotatable bonds is 6. The molecule has 4 rings (SSSR count). The van der Waals surface area contributed by atoms with Crippen LogP contribution in [0.15, 0.2) is 121 Å². The van der Waals surface area contributed by atoms with Crippen molar-refractivity contribution in [2.75, 3.05) is 12.8 Å². The van der Waals surface area contributed by atoms with E-state index in [9.17, 15) is 0 Å². The van der Waals surface area contributed by atoms with Crippen LogP contribution in [-0.4, -0.2) is 19.0 Å². The van der Waals surface area contributed by atoms with Crippen LogP contribution in [-0.2, 0) is 0 Å². The molecule has 170 valence electrons. The summed E-state index contributed by atoms with van der Waals surface area (Å²) in [4.78, 5) is 0. The van der Waals surface area contributed by atoms with E-state index in [0.29, 0.717) is 14.7 Å².